The summed E-state index contributed by atoms with van der Waals surface area (Å²) in [5, 5.41) is 16.1. The molecule has 0 unspecified atom stereocenters. The van der Waals surface area contributed by atoms with Gasteiger partial charge in [0.15, 0.2) is 4.88 Å². The van der Waals surface area contributed by atoms with E-state index in [9.17, 15) is 9.90 Å². The molecule has 6 nitrogen and oxygen atoms in total. The van der Waals surface area contributed by atoms with Crippen LogP contribution in [-0.2, 0) is 6.42 Å². The molecule has 4 aromatic rings. The van der Waals surface area contributed by atoms with Crippen molar-refractivity contribution in [3.05, 3.63) is 58.5 Å². The predicted octanol–water partition coefficient (Wildman–Crippen LogP) is 5.17. The third-order valence-electron chi connectivity index (χ3n) is 4.37. The van der Waals surface area contributed by atoms with Crippen LogP contribution in [0.25, 0.3) is 20.7 Å². The van der Waals surface area contributed by atoms with E-state index in [1.807, 2.05) is 13.0 Å². The van der Waals surface area contributed by atoms with Gasteiger partial charge in [0, 0.05) is 23.4 Å². The summed E-state index contributed by atoms with van der Waals surface area (Å²) in [4.78, 5) is 20.9. The Morgan fingerprint density at radius 2 is 2.14 bits per heavy atom. The van der Waals surface area contributed by atoms with Crippen molar-refractivity contribution >= 4 is 44.5 Å². The second-order valence-corrected chi connectivity index (χ2v) is 8.23. The lowest BCUT2D eigenvalue weighted by molar-refractivity contribution is 0.0698. The Labute approximate surface area is 175 Å². The first-order valence-electron chi connectivity index (χ1n) is 9.17. The normalized spacial score (nSPS) is 10.9. The van der Waals surface area contributed by atoms with Gasteiger partial charge in [-0.05, 0) is 35.7 Å². The number of aromatic nitrogens is 2. The fourth-order valence-electron chi connectivity index (χ4n) is 3.08. The number of benzene rings is 1. The van der Waals surface area contributed by atoms with E-state index in [4.69, 9.17) is 4.74 Å². The maximum atomic E-state index is 11.4. The molecule has 0 aliphatic heterocycles. The average Bonchev–Trinajstić information content (AvgIpc) is 3.36. The zero-order valence-electron chi connectivity index (χ0n) is 15.7. The van der Waals surface area contributed by atoms with Crippen molar-refractivity contribution in [1.82, 2.24) is 9.97 Å². The molecule has 8 heteroatoms. The Morgan fingerprint density at radius 3 is 2.97 bits per heavy atom. The van der Waals surface area contributed by atoms with Crippen molar-refractivity contribution in [2.24, 2.45) is 0 Å². The van der Waals surface area contributed by atoms with Gasteiger partial charge in [-0.15, -0.1) is 22.7 Å². The fourth-order valence-corrected chi connectivity index (χ4v) is 4.93. The number of nitrogens with zero attached hydrogens (tertiary/aromatic N) is 2. The maximum absolute atomic E-state index is 11.4. The van der Waals surface area contributed by atoms with Crippen LogP contribution < -0.4 is 10.1 Å². The van der Waals surface area contributed by atoms with Gasteiger partial charge in [-0.1, -0.05) is 18.2 Å². The van der Waals surface area contributed by atoms with Crippen LogP contribution in [0.4, 0.5) is 5.82 Å². The number of anilines is 1. The molecule has 0 atom stereocenters. The lowest BCUT2D eigenvalue weighted by atomic mass is 10.1. The van der Waals surface area contributed by atoms with E-state index in [2.05, 4.69) is 44.9 Å². The number of carboxylic acid groups (broad SMARTS) is 1. The van der Waals surface area contributed by atoms with Crippen LogP contribution in [-0.4, -0.2) is 34.2 Å². The van der Waals surface area contributed by atoms with Gasteiger partial charge in [0.1, 0.15) is 17.9 Å². The lowest BCUT2D eigenvalue weighted by Gasteiger charge is -2.07. The quantitative estimate of drug-likeness (QED) is 0.405. The van der Waals surface area contributed by atoms with Crippen LogP contribution in [0.2, 0.25) is 0 Å². The highest BCUT2D eigenvalue weighted by Gasteiger charge is 2.18. The second-order valence-electron chi connectivity index (χ2n) is 6.26. The molecule has 0 bridgehead atoms. The Kier molecular flexibility index (Phi) is 5.73. The molecule has 3 heterocycles. The molecule has 0 saturated heterocycles. The van der Waals surface area contributed by atoms with Crippen LogP contribution in [0.3, 0.4) is 0 Å². The SMILES string of the molecule is CCOc1cc(-c2cc(NCCc3cccc4ccsc34)ncn2)sc1C(=O)O. The van der Waals surface area contributed by atoms with E-state index >= 15 is 0 Å². The van der Waals surface area contributed by atoms with Gasteiger partial charge in [0.25, 0.3) is 0 Å². The van der Waals surface area contributed by atoms with Gasteiger partial charge < -0.3 is 15.2 Å². The minimum atomic E-state index is -1.00. The third-order valence-corrected chi connectivity index (χ3v) is 6.51. The number of hydrogen-bond acceptors (Lipinski definition) is 7. The first-order valence-corrected chi connectivity index (χ1v) is 10.9. The van der Waals surface area contributed by atoms with Crippen LogP contribution in [0, 0.1) is 0 Å². The Hall–Kier alpha value is -2.97. The Morgan fingerprint density at radius 1 is 1.24 bits per heavy atom. The average molecular weight is 426 g/mol. The summed E-state index contributed by atoms with van der Waals surface area (Å²) in [6, 6.07) is 12.1. The largest absolute Gasteiger partial charge is 0.492 e. The molecule has 0 aliphatic carbocycles. The summed E-state index contributed by atoms with van der Waals surface area (Å²) < 4.78 is 6.76. The van der Waals surface area contributed by atoms with Gasteiger partial charge in [0.05, 0.1) is 17.2 Å². The highest BCUT2D eigenvalue weighted by molar-refractivity contribution is 7.17. The van der Waals surface area contributed by atoms with Crippen molar-refractivity contribution in [3.63, 3.8) is 0 Å². The fraction of sp³-hybridized carbons (Fsp3) is 0.190. The molecule has 148 valence electrons. The van der Waals surface area contributed by atoms with Gasteiger partial charge >= 0.3 is 5.97 Å². The zero-order valence-corrected chi connectivity index (χ0v) is 17.3. The first kappa shape index (κ1) is 19.4. The standard InChI is InChI=1S/C21H19N3O3S2/c1-2-27-16-11-17(29-20(16)21(25)26)15-10-18(24-12-23-15)22-8-6-13-4-3-5-14-7-9-28-19(13)14/h3-5,7,9-12H,2,6,8H2,1H3,(H,25,26)(H,22,23,24). The molecular weight excluding hydrogens is 406 g/mol. The highest BCUT2D eigenvalue weighted by atomic mass is 32.1. The number of thiophene rings is 2. The first-order chi connectivity index (χ1) is 14.2. The third kappa shape index (κ3) is 4.23. The molecule has 0 saturated carbocycles. The lowest BCUT2D eigenvalue weighted by Crippen LogP contribution is -2.06. The molecule has 4 rings (SSSR count). The van der Waals surface area contributed by atoms with Crippen molar-refractivity contribution < 1.29 is 14.6 Å². The van der Waals surface area contributed by atoms with Crippen LogP contribution in [0.15, 0.2) is 48.1 Å². The molecule has 2 N–H and O–H groups in total. The number of ether oxygens (including phenoxy) is 1. The maximum Gasteiger partial charge on any atom is 0.349 e. The number of hydrogen-bond donors (Lipinski definition) is 2. The summed E-state index contributed by atoms with van der Waals surface area (Å²) in [7, 11) is 0. The van der Waals surface area contributed by atoms with E-state index in [1.165, 1.54) is 22.0 Å². The van der Waals surface area contributed by atoms with E-state index in [0.29, 0.717) is 23.9 Å². The summed E-state index contributed by atoms with van der Waals surface area (Å²) >= 11 is 2.91. The number of rotatable bonds is 8. The van der Waals surface area contributed by atoms with E-state index < -0.39 is 5.97 Å². The van der Waals surface area contributed by atoms with Crippen molar-refractivity contribution in [2.45, 2.75) is 13.3 Å². The molecule has 1 aromatic carbocycles. The zero-order chi connectivity index (χ0) is 20.2. The second kappa shape index (κ2) is 8.59. The summed E-state index contributed by atoms with van der Waals surface area (Å²) in [6.45, 7) is 2.97. The smallest absolute Gasteiger partial charge is 0.349 e. The van der Waals surface area contributed by atoms with Gasteiger partial charge in [-0.25, -0.2) is 14.8 Å². The molecule has 29 heavy (non-hydrogen) atoms. The van der Waals surface area contributed by atoms with Crippen LogP contribution in [0.1, 0.15) is 22.2 Å². The molecule has 0 spiro atoms. The number of carbonyl (C=O) groups is 1. The molecule has 0 radical (unpaired) electrons. The molecule has 3 aromatic heterocycles. The number of nitrogens with one attached hydrogen (secondary N) is 1. The molecule has 0 amide bonds. The summed E-state index contributed by atoms with van der Waals surface area (Å²) in [6.07, 6.45) is 2.37. The number of fused-ring (bicyclic) bond motifs is 1. The minimum absolute atomic E-state index is 0.180. The molecule has 0 aliphatic rings. The van der Waals surface area contributed by atoms with Gasteiger partial charge in [-0.3, -0.25) is 0 Å². The van der Waals surface area contributed by atoms with Crippen molar-refractivity contribution in [2.75, 3.05) is 18.5 Å². The van der Waals surface area contributed by atoms with Gasteiger partial charge in [0.2, 0.25) is 0 Å². The predicted molar refractivity (Wildman–Crippen MR) is 117 cm³/mol. The highest BCUT2D eigenvalue weighted by Crippen LogP contribution is 2.36. The van der Waals surface area contributed by atoms with E-state index in [-0.39, 0.29) is 4.88 Å². The van der Waals surface area contributed by atoms with Crippen LogP contribution >= 0.6 is 22.7 Å². The Balaban J connectivity index is 1.48. The monoisotopic (exact) mass is 425 g/mol. The summed E-state index contributed by atoms with van der Waals surface area (Å²) in [5.74, 6) is 0.0774. The number of aromatic carboxylic acids is 1. The van der Waals surface area contributed by atoms with Crippen molar-refractivity contribution in [3.8, 4) is 16.3 Å². The molecule has 0 fully saturated rings. The minimum Gasteiger partial charge on any atom is -0.492 e. The van der Waals surface area contributed by atoms with Crippen LogP contribution in [0.5, 0.6) is 5.75 Å². The van der Waals surface area contributed by atoms with E-state index in [0.717, 1.165) is 29.2 Å². The Bertz CT molecular complexity index is 1150. The van der Waals surface area contributed by atoms with E-state index in [1.54, 1.807) is 17.4 Å². The topological polar surface area (TPSA) is 84.3 Å². The number of carboxylic acids is 1. The van der Waals surface area contributed by atoms with Crippen molar-refractivity contribution in [1.29, 1.82) is 0 Å². The summed E-state index contributed by atoms with van der Waals surface area (Å²) in [5.41, 5.74) is 1.98. The van der Waals surface area contributed by atoms with Gasteiger partial charge in [-0.2, -0.15) is 0 Å². The molecular formula is C21H19N3O3S2.